The van der Waals surface area contributed by atoms with Crippen LogP contribution < -0.4 is 5.32 Å². The molecule has 0 spiro atoms. The van der Waals surface area contributed by atoms with Gasteiger partial charge in [0.2, 0.25) is 11.8 Å². The summed E-state index contributed by atoms with van der Waals surface area (Å²) < 4.78 is 6.75. The number of esters is 1. The van der Waals surface area contributed by atoms with E-state index in [0.29, 0.717) is 18.5 Å². The molecule has 0 amide bonds. The van der Waals surface area contributed by atoms with Crippen LogP contribution in [0, 0.1) is 20.2 Å². The number of nitrogens with one attached hydrogen (secondary N) is 1. The highest BCUT2D eigenvalue weighted by Crippen LogP contribution is 2.37. The molecule has 4 rings (SSSR count). The largest absolute Gasteiger partial charge is 0.406 e. The third-order valence-corrected chi connectivity index (χ3v) is 7.82. The fourth-order valence-electron chi connectivity index (χ4n) is 5.17. The summed E-state index contributed by atoms with van der Waals surface area (Å²) in [6, 6.07) is 15.0. The van der Waals surface area contributed by atoms with E-state index in [4.69, 9.17) is 16.3 Å². The molecule has 18 heteroatoms. The Morgan fingerprint density at radius 1 is 0.958 bits per heavy atom. The predicted octanol–water partition coefficient (Wildman–Crippen LogP) is 4.84. The number of carbonyl (C=O) groups excluding carboxylic acids is 2. The van der Waals surface area contributed by atoms with E-state index in [0.717, 1.165) is 34.2 Å². The zero-order chi connectivity index (χ0) is 34.7. The summed E-state index contributed by atoms with van der Waals surface area (Å²) in [5, 5.41) is 34.0. The molecule has 2 heterocycles. The first-order chi connectivity index (χ1) is 23.0. The number of hydrogen-bond donors (Lipinski definition) is 1. The monoisotopic (exact) mass is 686 g/mol. The Labute approximate surface area is 280 Å². The molecule has 0 radical (unpaired) electrons. The van der Waals surface area contributed by atoms with E-state index in [-0.39, 0.29) is 55.8 Å². The number of carbonyl (C=O) groups is 2. The first kappa shape index (κ1) is 35.5. The van der Waals surface area contributed by atoms with E-state index in [1.54, 1.807) is 12.1 Å². The molecule has 1 aliphatic rings. The Morgan fingerprint density at radius 3 is 2.25 bits per heavy atom. The summed E-state index contributed by atoms with van der Waals surface area (Å²) in [5.74, 6) is -0.642. The van der Waals surface area contributed by atoms with Crippen molar-refractivity contribution in [3.63, 3.8) is 0 Å². The van der Waals surface area contributed by atoms with Gasteiger partial charge < -0.3 is 24.6 Å². The van der Waals surface area contributed by atoms with Gasteiger partial charge in [0.15, 0.2) is 11.0 Å². The normalized spacial score (nSPS) is 15.6. The van der Waals surface area contributed by atoms with Gasteiger partial charge >= 0.3 is 5.97 Å². The molecule has 3 aromatic rings. The molecular formula is C30H35ClN8O9. The number of tetrazole rings is 1. The summed E-state index contributed by atoms with van der Waals surface area (Å²) in [6.45, 7) is 3.93. The molecule has 2 aromatic carbocycles. The molecule has 48 heavy (non-hydrogen) atoms. The Morgan fingerprint density at radius 2 is 1.60 bits per heavy atom. The summed E-state index contributed by atoms with van der Waals surface area (Å²) in [6.07, 6.45) is 2.59. The number of halogens is 1. The van der Waals surface area contributed by atoms with Gasteiger partial charge in [0.1, 0.15) is 5.66 Å². The third-order valence-electron chi connectivity index (χ3n) is 7.57. The fraction of sp³-hybridized carbons (Fsp3) is 0.433. The molecule has 17 nitrogen and oxygen atoms in total. The molecule has 1 N–H and O–H groups in total. The van der Waals surface area contributed by atoms with Crippen molar-refractivity contribution in [2.75, 3.05) is 13.2 Å². The lowest BCUT2D eigenvalue weighted by Crippen LogP contribution is -2.49. The number of benzene rings is 2. The molecule has 0 bridgehead atoms. The van der Waals surface area contributed by atoms with E-state index in [9.17, 15) is 29.8 Å². The smallest absolute Gasteiger partial charge is 0.312 e. The maximum Gasteiger partial charge on any atom is 0.312 e. The van der Waals surface area contributed by atoms with Crippen LogP contribution >= 0.6 is 11.6 Å². The minimum absolute atomic E-state index is 0.0585. The highest BCUT2D eigenvalue weighted by molar-refractivity contribution is 6.29. The number of hydrogen-bond acceptors (Lipinski definition) is 14. The highest BCUT2D eigenvalue weighted by atomic mass is 35.5. The number of unbranched alkanes of at least 4 members (excludes halogenated alkanes) is 1. The number of aromatic nitrogens is 4. The van der Waals surface area contributed by atoms with E-state index in [2.05, 4.69) is 37.4 Å². The number of rotatable bonds is 18. The molecule has 0 aliphatic carbocycles. The molecule has 1 atom stereocenters. The van der Waals surface area contributed by atoms with Gasteiger partial charge in [0.25, 0.3) is 10.2 Å². The van der Waals surface area contributed by atoms with Crippen LogP contribution in [0.2, 0.25) is 0 Å². The lowest BCUT2D eigenvalue weighted by molar-refractivity contribution is -0.757. The van der Waals surface area contributed by atoms with Crippen molar-refractivity contribution in [1.82, 2.24) is 30.4 Å². The van der Waals surface area contributed by atoms with Crippen LogP contribution in [0.25, 0.3) is 22.5 Å². The van der Waals surface area contributed by atoms with Crippen LogP contribution in [-0.4, -0.2) is 66.0 Å². The lowest BCUT2D eigenvalue weighted by Gasteiger charge is -2.38. The average Bonchev–Trinajstić information content (AvgIpc) is 3.64. The van der Waals surface area contributed by atoms with E-state index < -0.39 is 27.7 Å². The van der Waals surface area contributed by atoms with Crippen molar-refractivity contribution in [3.8, 4) is 22.5 Å². The second-order valence-corrected chi connectivity index (χ2v) is 11.4. The van der Waals surface area contributed by atoms with Crippen molar-refractivity contribution >= 4 is 23.5 Å². The standard InChI is InChI=1S/C30H35ClN8O9/c1-3-4-17-30(2)32-27(31)29(48-26(41)12-8-19-47-39(44)45)36(30)20-21-13-15-22(16-14-21)23-9-5-6-10-24(23)28-33-34-35-37(28)25(40)11-7-18-46-38(42)43/h5-6,9-10,13-16,32H,3-4,7-8,11-12,17-20H2,1-2H3. The van der Waals surface area contributed by atoms with Crippen LogP contribution in [0.1, 0.15) is 69.2 Å². The Balaban J connectivity index is 1.52. The van der Waals surface area contributed by atoms with Gasteiger partial charge in [-0.05, 0) is 59.7 Å². The van der Waals surface area contributed by atoms with Crippen molar-refractivity contribution in [3.05, 3.63) is 85.4 Å². The van der Waals surface area contributed by atoms with Gasteiger partial charge in [-0.2, -0.15) is 4.68 Å². The molecule has 1 aromatic heterocycles. The van der Waals surface area contributed by atoms with Gasteiger partial charge in [0, 0.05) is 24.9 Å². The SMILES string of the molecule is CCCCC1(C)NC(Cl)=C(OC(=O)CCCO[N+](=O)[O-])N1Cc1ccc(-c2ccccc2-c2nnnn2C(=O)CCCO[N+](=O)[O-])cc1. The molecule has 1 aliphatic heterocycles. The topological polar surface area (TPSA) is 207 Å². The van der Waals surface area contributed by atoms with Crippen LogP contribution in [0.4, 0.5) is 0 Å². The second-order valence-electron chi connectivity index (χ2n) is 11.1. The van der Waals surface area contributed by atoms with Crippen molar-refractivity contribution in [2.24, 2.45) is 0 Å². The third kappa shape index (κ3) is 9.15. The van der Waals surface area contributed by atoms with Crippen LogP contribution in [0.15, 0.2) is 59.6 Å². The fourth-order valence-corrected chi connectivity index (χ4v) is 5.52. The summed E-state index contributed by atoms with van der Waals surface area (Å²) in [5.41, 5.74) is 2.42. The van der Waals surface area contributed by atoms with Gasteiger partial charge in [-0.25, -0.2) is 0 Å². The zero-order valence-electron chi connectivity index (χ0n) is 26.4. The molecule has 1 unspecified atom stereocenters. The van der Waals surface area contributed by atoms with Gasteiger partial charge in [-0.1, -0.05) is 73.5 Å². The summed E-state index contributed by atoms with van der Waals surface area (Å²) in [4.78, 5) is 56.7. The quantitative estimate of drug-likeness (QED) is 0.0474. The van der Waals surface area contributed by atoms with Crippen LogP contribution in [0.5, 0.6) is 0 Å². The van der Waals surface area contributed by atoms with Crippen molar-refractivity contribution in [1.29, 1.82) is 0 Å². The number of nitrogens with zero attached hydrogens (tertiary/aromatic N) is 7. The molecule has 0 fully saturated rings. The van der Waals surface area contributed by atoms with Gasteiger partial charge in [0.05, 0.1) is 13.2 Å². The van der Waals surface area contributed by atoms with Gasteiger partial charge in [-0.15, -0.1) is 25.3 Å². The Hall–Kier alpha value is -5.32. The van der Waals surface area contributed by atoms with Crippen LogP contribution in [-0.2, 0) is 25.8 Å². The molecular weight excluding hydrogens is 652 g/mol. The lowest BCUT2D eigenvalue weighted by atomic mass is 9.97. The van der Waals surface area contributed by atoms with Crippen molar-refractivity contribution < 1.29 is 34.2 Å². The maximum atomic E-state index is 12.8. The summed E-state index contributed by atoms with van der Waals surface area (Å²) in [7, 11) is 0. The minimum atomic E-state index is -0.913. The van der Waals surface area contributed by atoms with E-state index in [1.807, 2.05) is 48.2 Å². The molecule has 0 saturated carbocycles. The second kappa shape index (κ2) is 16.5. The van der Waals surface area contributed by atoms with E-state index >= 15 is 0 Å². The van der Waals surface area contributed by atoms with E-state index in [1.165, 1.54) is 0 Å². The first-order valence-electron chi connectivity index (χ1n) is 15.2. The maximum absolute atomic E-state index is 12.8. The minimum Gasteiger partial charge on any atom is -0.406 e. The van der Waals surface area contributed by atoms with Crippen molar-refractivity contribution in [2.45, 2.75) is 71.0 Å². The first-order valence-corrected chi connectivity index (χ1v) is 15.6. The van der Waals surface area contributed by atoms with Gasteiger partial charge in [-0.3, -0.25) is 9.59 Å². The predicted molar refractivity (Wildman–Crippen MR) is 169 cm³/mol. The summed E-state index contributed by atoms with van der Waals surface area (Å²) >= 11 is 6.56. The average molecular weight is 687 g/mol. The zero-order valence-corrected chi connectivity index (χ0v) is 27.1. The highest BCUT2D eigenvalue weighted by Gasteiger charge is 2.42. The molecule has 256 valence electrons. The number of ether oxygens (including phenoxy) is 1. The van der Waals surface area contributed by atoms with Crippen LogP contribution in [0.3, 0.4) is 0 Å². The molecule has 0 saturated heterocycles. The Kier molecular flexibility index (Phi) is 12.2. The Bertz CT molecular complexity index is 1650.